The number of thioether (sulfide) groups is 1. The summed E-state index contributed by atoms with van der Waals surface area (Å²) in [7, 11) is 0. The summed E-state index contributed by atoms with van der Waals surface area (Å²) in [4.78, 5) is 11.7. The largest absolute Gasteiger partial charge is 0.292 e. The molecule has 0 N–H and O–H groups in total. The number of carbonyl (C=O) groups is 1. The SMILES string of the molecule is CC(=O)C1=NN(c2ccc(Br)cc2)[C@]2(CCC(c3ccc(Cl)cc3)=NN2c2ccccc2)S1. The third kappa shape index (κ3) is 4.21. The predicted molar refractivity (Wildman–Crippen MR) is 141 cm³/mol. The molecule has 1 atom stereocenters. The normalized spacial score (nSPS) is 20.1. The number of benzene rings is 3. The van der Waals surface area contributed by atoms with Gasteiger partial charge in [-0.1, -0.05) is 57.9 Å². The molecule has 0 aromatic heterocycles. The van der Waals surface area contributed by atoms with Crippen molar-refractivity contribution in [2.24, 2.45) is 10.2 Å². The average molecular weight is 540 g/mol. The molecule has 0 fully saturated rings. The molecule has 5 rings (SSSR count). The van der Waals surface area contributed by atoms with E-state index < -0.39 is 4.99 Å². The number of ketones is 1. The summed E-state index contributed by atoms with van der Waals surface area (Å²) in [5, 5.41) is 15.0. The quantitative estimate of drug-likeness (QED) is 0.361. The minimum atomic E-state index is -0.702. The molecule has 0 unspecified atom stereocenters. The molecule has 33 heavy (non-hydrogen) atoms. The third-order valence-corrected chi connectivity index (χ3v) is 7.79. The monoisotopic (exact) mass is 538 g/mol. The maximum Gasteiger partial charge on any atom is 0.208 e. The van der Waals surface area contributed by atoms with Crippen molar-refractivity contribution in [3.05, 3.63) is 93.9 Å². The molecule has 0 amide bonds. The second-order valence-corrected chi connectivity index (χ2v) is 10.4. The van der Waals surface area contributed by atoms with Crippen molar-refractivity contribution in [1.82, 2.24) is 0 Å². The Kier molecular flexibility index (Phi) is 6.03. The maximum absolute atomic E-state index is 12.4. The van der Waals surface area contributed by atoms with Crippen LogP contribution in [-0.4, -0.2) is 21.5 Å². The summed E-state index contributed by atoms with van der Waals surface area (Å²) in [6.07, 6.45) is 1.44. The number of hydrogen-bond donors (Lipinski definition) is 0. The molecular weight excluding hydrogens is 520 g/mol. The zero-order chi connectivity index (χ0) is 23.0. The Hall–Kier alpha value is -2.61. The standard InChI is InChI=1S/C25H20BrClN4OS/c1-17(32)24-29-31(22-13-9-19(26)10-14-22)25(33-24)16-15-23(18-7-11-20(27)12-8-18)28-30(25)21-5-3-2-4-6-21/h2-14H,15-16H2,1H3/t25-/m1/s1. The first-order valence-electron chi connectivity index (χ1n) is 10.5. The van der Waals surface area contributed by atoms with Crippen LogP contribution in [0, 0.1) is 0 Å². The van der Waals surface area contributed by atoms with Crippen LogP contribution in [0.5, 0.6) is 0 Å². The Morgan fingerprint density at radius 2 is 1.58 bits per heavy atom. The summed E-state index contributed by atoms with van der Waals surface area (Å²) >= 11 is 11.1. The van der Waals surface area contributed by atoms with Crippen LogP contribution in [0.4, 0.5) is 11.4 Å². The van der Waals surface area contributed by atoms with Gasteiger partial charge in [-0.3, -0.25) is 4.79 Å². The van der Waals surface area contributed by atoms with Crippen LogP contribution in [0.25, 0.3) is 0 Å². The fraction of sp³-hybridized carbons (Fsp3) is 0.160. The topological polar surface area (TPSA) is 48.3 Å². The van der Waals surface area contributed by atoms with Gasteiger partial charge in [0.25, 0.3) is 0 Å². The van der Waals surface area contributed by atoms with E-state index in [9.17, 15) is 4.79 Å². The van der Waals surface area contributed by atoms with Gasteiger partial charge in [-0.25, -0.2) is 10.0 Å². The Labute approximate surface area is 210 Å². The van der Waals surface area contributed by atoms with Crippen LogP contribution >= 0.6 is 39.3 Å². The lowest BCUT2D eigenvalue weighted by Gasteiger charge is -2.46. The summed E-state index contributed by atoms with van der Waals surface area (Å²) in [5.74, 6) is -0.0560. The number of hydrazone groups is 2. The van der Waals surface area contributed by atoms with E-state index in [1.54, 1.807) is 6.92 Å². The molecule has 0 radical (unpaired) electrons. The average Bonchev–Trinajstić information content (AvgIpc) is 3.21. The molecule has 2 aliphatic rings. The summed E-state index contributed by atoms with van der Waals surface area (Å²) in [6.45, 7) is 1.56. The smallest absolute Gasteiger partial charge is 0.208 e. The first-order valence-corrected chi connectivity index (χ1v) is 12.5. The van der Waals surface area contributed by atoms with Gasteiger partial charge >= 0.3 is 0 Å². The van der Waals surface area contributed by atoms with Gasteiger partial charge in [-0.05, 0) is 72.3 Å². The molecule has 0 aliphatic carbocycles. The first-order chi connectivity index (χ1) is 16.0. The summed E-state index contributed by atoms with van der Waals surface area (Å²) < 4.78 is 0.981. The van der Waals surface area contributed by atoms with Crippen molar-refractivity contribution in [3.8, 4) is 0 Å². The highest BCUT2D eigenvalue weighted by molar-refractivity contribution is 9.10. The number of halogens is 2. The maximum atomic E-state index is 12.4. The lowest BCUT2D eigenvalue weighted by Crippen LogP contribution is -2.56. The Morgan fingerprint density at radius 3 is 2.24 bits per heavy atom. The number of rotatable bonds is 4. The molecule has 2 heterocycles. The molecule has 5 nitrogen and oxygen atoms in total. The summed E-state index contributed by atoms with van der Waals surface area (Å²) in [6, 6.07) is 25.7. The molecule has 0 saturated carbocycles. The fourth-order valence-corrected chi connectivity index (χ4v) is 5.61. The molecule has 166 valence electrons. The van der Waals surface area contributed by atoms with E-state index in [4.69, 9.17) is 21.8 Å². The number of hydrogen-bond acceptors (Lipinski definition) is 6. The van der Waals surface area contributed by atoms with Gasteiger partial charge in [-0.2, -0.15) is 10.2 Å². The van der Waals surface area contributed by atoms with Crippen molar-refractivity contribution < 1.29 is 4.79 Å². The minimum absolute atomic E-state index is 0.0560. The zero-order valence-corrected chi connectivity index (χ0v) is 20.9. The molecule has 0 bridgehead atoms. The van der Waals surface area contributed by atoms with E-state index >= 15 is 0 Å². The Balaban J connectivity index is 1.66. The van der Waals surface area contributed by atoms with Crippen molar-refractivity contribution in [1.29, 1.82) is 0 Å². The van der Waals surface area contributed by atoms with Gasteiger partial charge in [0.05, 0.1) is 17.1 Å². The number of carbonyl (C=O) groups excluding carboxylic acids is 1. The highest BCUT2D eigenvalue weighted by atomic mass is 79.9. The lowest BCUT2D eigenvalue weighted by atomic mass is 10.0. The van der Waals surface area contributed by atoms with E-state index in [-0.39, 0.29) is 5.78 Å². The number of anilines is 2. The molecule has 1 spiro atoms. The van der Waals surface area contributed by atoms with Crippen LogP contribution in [0.2, 0.25) is 5.02 Å². The van der Waals surface area contributed by atoms with Crippen LogP contribution in [0.15, 0.2) is 93.5 Å². The lowest BCUT2D eigenvalue weighted by molar-refractivity contribution is -0.110. The Morgan fingerprint density at radius 1 is 0.939 bits per heavy atom. The van der Waals surface area contributed by atoms with Crippen molar-refractivity contribution in [3.63, 3.8) is 0 Å². The molecular formula is C25H20BrClN4OS. The summed E-state index contributed by atoms with van der Waals surface area (Å²) in [5.41, 5.74) is 3.82. The predicted octanol–water partition coefficient (Wildman–Crippen LogP) is 6.92. The zero-order valence-electron chi connectivity index (χ0n) is 17.8. The minimum Gasteiger partial charge on any atom is -0.292 e. The van der Waals surface area contributed by atoms with Gasteiger partial charge in [0, 0.05) is 22.8 Å². The van der Waals surface area contributed by atoms with E-state index in [1.807, 2.05) is 88.9 Å². The first kappa shape index (κ1) is 22.2. The fourth-order valence-electron chi connectivity index (χ4n) is 3.97. The van der Waals surface area contributed by atoms with Gasteiger partial charge in [0.2, 0.25) is 4.99 Å². The van der Waals surface area contributed by atoms with E-state index in [2.05, 4.69) is 15.9 Å². The number of Topliss-reactive ketones (excluding diaryl/α,β-unsaturated/α-hetero) is 1. The van der Waals surface area contributed by atoms with E-state index in [0.717, 1.165) is 33.5 Å². The highest BCUT2D eigenvalue weighted by Gasteiger charge is 2.52. The van der Waals surface area contributed by atoms with Gasteiger partial charge in [0.1, 0.15) is 0 Å². The number of nitrogens with zero attached hydrogens (tertiary/aromatic N) is 4. The third-order valence-electron chi connectivity index (χ3n) is 5.57. The molecule has 8 heteroatoms. The van der Waals surface area contributed by atoms with Gasteiger partial charge in [0.15, 0.2) is 10.8 Å². The van der Waals surface area contributed by atoms with Crippen LogP contribution < -0.4 is 10.0 Å². The van der Waals surface area contributed by atoms with Crippen molar-refractivity contribution >= 4 is 67.2 Å². The molecule has 2 aliphatic heterocycles. The Bertz CT molecular complexity index is 1250. The highest BCUT2D eigenvalue weighted by Crippen LogP contribution is 2.50. The van der Waals surface area contributed by atoms with Crippen molar-refractivity contribution in [2.45, 2.75) is 24.8 Å². The van der Waals surface area contributed by atoms with Gasteiger partial charge in [-0.15, -0.1) is 0 Å². The molecule has 0 saturated heterocycles. The molecule has 3 aromatic rings. The van der Waals surface area contributed by atoms with Crippen molar-refractivity contribution in [2.75, 3.05) is 10.0 Å². The van der Waals surface area contributed by atoms with Crippen LogP contribution in [0.3, 0.4) is 0 Å². The number of para-hydroxylation sites is 1. The second-order valence-electron chi connectivity index (χ2n) is 7.80. The molecule has 3 aromatic carbocycles. The van der Waals surface area contributed by atoms with Gasteiger partial charge < -0.3 is 0 Å². The van der Waals surface area contributed by atoms with E-state index in [1.165, 1.54) is 11.8 Å². The van der Waals surface area contributed by atoms with E-state index in [0.29, 0.717) is 16.5 Å². The van der Waals surface area contributed by atoms with Crippen LogP contribution in [0.1, 0.15) is 25.3 Å². The van der Waals surface area contributed by atoms with Crippen LogP contribution in [-0.2, 0) is 4.79 Å². The second kappa shape index (κ2) is 8.97.